The van der Waals surface area contributed by atoms with Crippen LogP contribution in [0.1, 0.15) is 40.7 Å². The van der Waals surface area contributed by atoms with E-state index in [4.69, 9.17) is 5.73 Å². The van der Waals surface area contributed by atoms with Gasteiger partial charge in [-0.05, 0) is 49.6 Å². The molecule has 1 aromatic carbocycles. The van der Waals surface area contributed by atoms with Crippen LogP contribution >= 0.6 is 22.7 Å². The Balaban J connectivity index is 1.62. The van der Waals surface area contributed by atoms with E-state index in [2.05, 4.69) is 28.3 Å². The maximum Gasteiger partial charge on any atom is 0.269 e. The molecule has 4 aromatic rings. The number of nitrogens with two attached hydrogens (primary N) is 1. The first-order chi connectivity index (χ1) is 13.0. The standard InChI is InChI=1S/C20H20N4OS2/c1-3-4-5-12-7-8-13-16(21)17(27-19(13)22-12)18(25)24-20-23-14-9-6-11(2)10-15(14)26-20/h6-10H,3-5,21H2,1-2H3,(H,23,24,25). The summed E-state index contributed by atoms with van der Waals surface area (Å²) >= 11 is 2.80. The molecule has 0 spiro atoms. The van der Waals surface area contributed by atoms with Gasteiger partial charge in [0.25, 0.3) is 5.91 Å². The number of aromatic nitrogens is 2. The van der Waals surface area contributed by atoms with E-state index in [1.54, 1.807) is 0 Å². The number of nitrogens with one attached hydrogen (secondary N) is 1. The minimum atomic E-state index is -0.235. The number of benzene rings is 1. The maximum atomic E-state index is 12.8. The summed E-state index contributed by atoms with van der Waals surface area (Å²) in [5, 5.41) is 4.31. The molecule has 0 saturated carbocycles. The molecule has 0 aliphatic rings. The quantitative estimate of drug-likeness (QED) is 0.474. The van der Waals surface area contributed by atoms with Crippen molar-refractivity contribution in [2.45, 2.75) is 33.1 Å². The maximum absolute atomic E-state index is 12.8. The average Bonchev–Trinajstić information content (AvgIpc) is 3.19. The zero-order valence-corrected chi connectivity index (χ0v) is 16.8. The molecule has 3 heterocycles. The van der Waals surface area contributed by atoms with Gasteiger partial charge in [-0.15, -0.1) is 11.3 Å². The third-order valence-corrected chi connectivity index (χ3v) is 6.46. The van der Waals surface area contributed by atoms with Gasteiger partial charge in [0.15, 0.2) is 5.13 Å². The van der Waals surface area contributed by atoms with Crippen LogP contribution in [0.3, 0.4) is 0 Å². The van der Waals surface area contributed by atoms with Crippen LogP contribution in [0.25, 0.3) is 20.4 Å². The lowest BCUT2D eigenvalue weighted by Gasteiger charge is -2.00. The number of hydrogen-bond donors (Lipinski definition) is 2. The van der Waals surface area contributed by atoms with Crippen molar-refractivity contribution in [3.63, 3.8) is 0 Å². The first-order valence-electron chi connectivity index (χ1n) is 8.91. The minimum absolute atomic E-state index is 0.235. The second-order valence-corrected chi connectivity index (χ2v) is 8.58. The van der Waals surface area contributed by atoms with Crippen molar-refractivity contribution in [2.75, 3.05) is 11.1 Å². The van der Waals surface area contributed by atoms with Crippen LogP contribution in [-0.2, 0) is 6.42 Å². The molecular formula is C20H20N4OS2. The molecule has 0 fully saturated rings. The largest absolute Gasteiger partial charge is 0.397 e. The number of thiazole rings is 1. The fourth-order valence-electron chi connectivity index (χ4n) is 2.94. The van der Waals surface area contributed by atoms with Crippen LogP contribution in [0, 0.1) is 6.92 Å². The van der Waals surface area contributed by atoms with Crippen LogP contribution in [-0.4, -0.2) is 15.9 Å². The Bertz CT molecular complexity index is 1150. The normalized spacial score (nSPS) is 11.3. The fourth-order valence-corrected chi connectivity index (χ4v) is 4.91. The van der Waals surface area contributed by atoms with Gasteiger partial charge in [-0.1, -0.05) is 30.7 Å². The van der Waals surface area contributed by atoms with Crippen molar-refractivity contribution >= 4 is 59.8 Å². The molecule has 0 aliphatic heterocycles. The number of nitrogen functional groups attached to an aromatic ring is 1. The summed E-state index contributed by atoms with van der Waals surface area (Å²) in [4.78, 5) is 23.2. The molecule has 0 radical (unpaired) electrons. The summed E-state index contributed by atoms with van der Waals surface area (Å²) in [6.45, 7) is 4.20. The van der Waals surface area contributed by atoms with E-state index >= 15 is 0 Å². The van der Waals surface area contributed by atoms with Crippen LogP contribution in [0.2, 0.25) is 0 Å². The molecule has 27 heavy (non-hydrogen) atoms. The highest BCUT2D eigenvalue weighted by Gasteiger charge is 2.19. The van der Waals surface area contributed by atoms with E-state index < -0.39 is 0 Å². The highest BCUT2D eigenvalue weighted by Crippen LogP contribution is 2.34. The van der Waals surface area contributed by atoms with Gasteiger partial charge in [0.2, 0.25) is 0 Å². The van der Waals surface area contributed by atoms with E-state index in [1.165, 1.54) is 28.2 Å². The predicted octanol–water partition coefficient (Wildman–Crippen LogP) is 5.39. The monoisotopic (exact) mass is 396 g/mol. The van der Waals surface area contributed by atoms with E-state index in [1.807, 2.05) is 31.2 Å². The van der Waals surface area contributed by atoms with Gasteiger partial charge >= 0.3 is 0 Å². The molecule has 4 rings (SSSR count). The number of fused-ring (bicyclic) bond motifs is 2. The lowest BCUT2D eigenvalue weighted by molar-refractivity contribution is 0.103. The predicted molar refractivity (Wildman–Crippen MR) is 115 cm³/mol. The van der Waals surface area contributed by atoms with Crippen LogP contribution in [0.15, 0.2) is 30.3 Å². The summed E-state index contributed by atoms with van der Waals surface area (Å²) in [7, 11) is 0. The first kappa shape index (κ1) is 17.9. The van der Waals surface area contributed by atoms with Crippen LogP contribution < -0.4 is 11.1 Å². The Morgan fingerprint density at radius 3 is 2.85 bits per heavy atom. The average molecular weight is 397 g/mol. The molecule has 3 N–H and O–H groups in total. The Labute approximate surface area is 165 Å². The van der Waals surface area contributed by atoms with Gasteiger partial charge in [0, 0.05) is 11.1 Å². The van der Waals surface area contributed by atoms with Crippen molar-refractivity contribution in [1.29, 1.82) is 0 Å². The summed E-state index contributed by atoms with van der Waals surface area (Å²) < 4.78 is 1.05. The van der Waals surface area contributed by atoms with Gasteiger partial charge < -0.3 is 5.73 Å². The molecule has 138 valence electrons. The zero-order chi connectivity index (χ0) is 19.0. The van der Waals surface area contributed by atoms with Crippen LogP contribution in [0.4, 0.5) is 10.8 Å². The summed E-state index contributed by atoms with van der Waals surface area (Å²) in [5.41, 5.74) is 9.81. The van der Waals surface area contributed by atoms with Gasteiger partial charge in [-0.25, -0.2) is 9.97 Å². The molecule has 0 aliphatic carbocycles. The Hall–Kier alpha value is -2.51. The number of nitrogens with zero attached hydrogens (tertiary/aromatic N) is 2. The lowest BCUT2D eigenvalue weighted by atomic mass is 10.1. The van der Waals surface area contributed by atoms with E-state index in [9.17, 15) is 4.79 Å². The molecule has 3 aromatic heterocycles. The summed E-state index contributed by atoms with van der Waals surface area (Å²) in [6, 6.07) is 10.0. The van der Waals surface area contributed by atoms with Crippen molar-refractivity contribution in [2.24, 2.45) is 0 Å². The Kier molecular flexibility index (Phi) is 4.80. The van der Waals surface area contributed by atoms with Crippen molar-refractivity contribution in [3.8, 4) is 0 Å². The third-order valence-electron chi connectivity index (χ3n) is 4.41. The minimum Gasteiger partial charge on any atom is -0.397 e. The van der Waals surface area contributed by atoms with E-state index in [-0.39, 0.29) is 5.91 Å². The van der Waals surface area contributed by atoms with Crippen molar-refractivity contribution in [1.82, 2.24) is 9.97 Å². The number of hydrogen-bond acceptors (Lipinski definition) is 6. The second-order valence-electron chi connectivity index (χ2n) is 6.55. The van der Waals surface area contributed by atoms with E-state index in [0.717, 1.165) is 45.4 Å². The van der Waals surface area contributed by atoms with Crippen molar-refractivity contribution in [3.05, 3.63) is 46.5 Å². The number of pyridine rings is 1. The third kappa shape index (κ3) is 3.52. The molecule has 0 saturated heterocycles. The van der Waals surface area contributed by atoms with E-state index in [0.29, 0.717) is 15.7 Å². The summed E-state index contributed by atoms with van der Waals surface area (Å²) in [5.74, 6) is -0.235. The molecule has 5 nitrogen and oxygen atoms in total. The van der Waals surface area contributed by atoms with Gasteiger partial charge in [0.05, 0.1) is 15.9 Å². The number of anilines is 2. The van der Waals surface area contributed by atoms with Gasteiger partial charge in [-0.2, -0.15) is 0 Å². The number of aryl methyl sites for hydroxylation is 2. The van der Waals surface area contributed by atoms with Crippen LogP contribution in [0.5, 0.6) is 0 Å². The Morgan fingerprint density at radius 1 is 1.19 bits per heavy atom. The molecule has 0 bridgehead atoms. The number of carbonyl (C=O) groups excluding carboxylic acids is 1. The molecular weight excluding hydrogens is 376 g/mol. The molecule has 0 unspecified atom stereocenters. The molecule has 1 amide bonds. The SMILES string of the molecule is CCCCc1ccc2c(N)c(C(=O)Nc3nc4ccc(C)cc4s3)sc2n1. The molecule has 7 heteroatoms. The lowest BCUT2D eigenvalue weighted by Crippen LogP contribution is -2.11. The fraction of sp³-hybridized carbons (Fsp3) is 0.250. The highest BCUT2D eigenvalue weighted by molar-refractivity contribution is 7.23. The topological polar surface area (TPSA) is 80.9 Å². The molecule has 0 atom stereocenters. The smallest absolute Gasteiger partial charge is 0.269 e. The number of thiophene rings is 1. The van der Waals surface area contributed by atoms with Crippen molar-refractivity contribution < 1.29 is 4.79 Å². The van der Waals surface area contributed by atoms with Gasteiger partial charge in [0.1, 0.15) is 9.71 Å². The number of rotatable bonds is 5. The van der Waals surface area contributed by atoms with Gasteiger partial charge in [-0.3, -0.25) is 10.1 Å². The summed E-state index contributed by atoms with van der Waals surface area (Å²) in [6.07, 6.45) is 3.17. The highest BCUT2D eigenvalue weighted by atomic mass is 32.1. The number of amides is 1. The number of unbranched alkanes of at least 4 members (excludes halogenated alkanes) is 1. The Morgan fingerprint density at radius 2 is 2.04 bits per heavy atom. The zero-order valence-electron chi connectivity index (χ0n) is 15.2. The first-order valence-corrected chi connectivity index (χ1v) is 10.5. The number of carbonyl (C=O) groups is 1. The second kappa shape index (κ2) is 7.25.